The zero-order chi connectivity index (χ0) is 30.5. The molecule has 0 N–H and O–H groups in total. The molecule has 0 saturated carbocycles. The van der Waals surface area contributed by atoms with Crippen LogP contribution in [0.15, 0.2) is 152 Å². The van der Waals surface area contributed by atoms with E-state index in [1.807, 2.05) is 54.9 Å². The summed E-state index contributed by atoms with van der Waals surface area (Å²) >= 11 is 0. The number of fused-ring (bicyclic) bond motifs is 9. The number of rotatable bonds is 2. The average molecular weight is 590 g/mol. The van der Waals surface area contributed by atoms with E-state index in [1.54, 1.807) is 0 Å². The van der Waals surface area contributed by atoms with E-state index in [-0.39, 0.29) is 0 Å². The fourth-order valence-corrected chi connectivity index (χ4v) is 6.60. The van der Waals surface area contributed by atoms with E-state index in [2.05, 4.69) is 119 Å². The van der Waals surface area contributed by atoms with Crippen LogP contribution in [0.4, 0.5) is 0 Å². The van der Waals surface area contributed by atoms with Gasteiger partial charge in [-0.1, -0.05) is 97.1 Å². The Balaban J connectivity index is 1.24. The molecule has 0 bridgehead atoms. The van der Waals surface area contributed by atoms with Crippen LogP contribution < -0.4 is 4.74 Å². The first-order valence-electron chi connectivity index (χ1n) is 15.4. The molecule has 0 atom stereocenters. The van der Waals surface area contributed by atoms with Gasteiger partial charge in [0.2, 0.25) is 0 Å². The van der Waals surface area contributed by atoms with Gasteiger partial charge in [-0.15, -0.1) is 0 Å². The number of hydrogen-bond acceptors (Lipinski definition) is 3. The SMILES string of the molecule is C1=Cc2ccc(-c3ccc4c(c3)c3ncccc3n4-c3ccccn3)cc2-c2ccccc2Oc2ccccc2-c2ccccc21. The summed E-state index contributed by atoms with van der Waals surface area (Å²) in [5, 5.41) is 1.09. The van der Waals surface area contributed by atoms with Gasteiger partial charge in [0.15, 0.2) is 0 Å². The van der Waals surface area contributed by atoms with Gasteiger partial charge in [-0.3, -0.25) is 9.55 Å². The number of pyridine rings is 2. The highest BCUT2D eigenvalue weighted by Gasteiger charge is 2.18. The maximum atomic E-state index is 6.74. The highest BCUT2D eigenvalue weighted by atomic mass is 16.5. The predicted octanol–water partition coefficient (Wildman–Crippen LogP) is 10.9. The number of ether oxygens (including phenoxy) is 1. The third-order valence-corrected chi connectivity index (χ3v) is 8.76. The summed E-state index contributed by atoms with van der Waals surface area (Å²) in [6.07, 6.45) is 8.12. The summed E-state index contributed by atoms with van der Waals surface area (Å²) in [6, 6.07) is 48.5. The van der Waals surface area contributed by atoms with Crippen LogP contribution in [-0.4, -0.2) is 14.5 Å². The summed E-state index contributed by atoms with van der Waals surface area (Å²) in [5.41, 5.74) is 11.9. The Morgan fingerprint density at radius 1 is 0.457 bits per heavy atom. The van der Waals surface area contributed by atoms with Gasteiger partial charge in [0, 0.05) is 28.9 Å². The van der Waals surface area contributed by atoms with Gasteiger partial charge < -0.3 is 4.74 Å². The zero-order valence-electron chi connectivity index (χ0n) is 24.8. The second-order valence-electron chi connectivity index (χ2n) is 11.4. The lowest BCUT2D eigenvalue weighted by Crippen LogP contribution is -1.96. The molecule has 0 unspecified atom stereocenters. The minimum Gasteiger partial charge on any atom is -0.456 e. The highest BCUT2D eigenvalue weighted by Crippen LogP contribution is 2.43. The standard InChI is InChI=1S/C42H27N3O/c1-2-11-32-28(10-1)18-19-29-20-21-30(26-35(29)34-13-4-6-16-40(34)46-39-15-5-3-12-33(32)39)31-22-23-37-36(27-31)42-38(14-9-25-44-42)45(37)41-17-7-8-24-43-41/h1-27H. The van der Waals surface area contributed by atoms with Gasteiger partial charge in [0.1, 0.15) is 17.3 Å². The van der Waals surface area contributed by atoms with Crippen molar-refractivity contribution < 1.29 is 4.74 Å². The van der Waals surface area contributed by atoms with E-state index >= 15 is 0 Å². The van der Waals surface area contributed by atoms with Crippen LogP contribution in [0.2, 0.25) is 0 Å². The largest absolute Gasteiger partial charge is 0.456 e. The quantitative estimate of drug-likeness (QED) is 0.201. The summed E-state index contributed by atoms with van der Waals surface area (Å²) in [4.78, 5) is 9.46. The van der Waals surface area contributed by atoms with Crippen LogP contribution in [0.5, 0.6) is 11.5 Å². The fourth-order valence-electron chi connectivity index (χ4n) is 6.60. The van der Waals surface area contributed by atoms with E-state index < -0.39 is 0 Å². The number of aromatic nitrogens is 3. The third kappa shape index (κ3) is 4.31. The van der Waals surface area contributed by atoms with Crippen molar-refractivity contribution in [3.63, 3.8) is 0 Å². The van der Waals surface area contributed by atoms with Crippen molar-refractivity contribution in [1.29, 1.82) is 0 Å². The second kappa shape index (κ2) is 10.7. The van der Waals surface area contributed by atoms with E-state index in [4.69, 9.17) is 9.72 Å². The topological polar surface area (TPSA) is 39.9 Å². The second-order valence-corrected chi connectivity index (χ2v) is 11.4. The summed E-state index contributed by atoms with van der Waals surface area (Å²) in [6.45, 7) is 0. The van der Waals surface area contributed by atoms with Crippen LogP contribution in [-0.2, 0) is 0 Å². The van der Waals surface area contributed by atoms with E-state index in [0.29, 0.717) is 0 Å². The fraction of sp³-hybridized carbons (Fsp3) is 0. The van der Waals surface area contributed by atoms with E-state index in [9.17, 15) is 0 Å². The first-order chi connectivity index (χ1) is 22.8. The molecule has 0 radical (unpaired) electrons. The molecule has 4 heteroatoms. The summed E-state index contributed by atoms with van der Waals surface area (Å²) in [5.74, 6) is 2.52. The number of para-hydroxylation sites is 2. The first-order valence-corrected chi connectivity index (χ1v) is 15.4. The lowest BCUT2D eigenvalue weighted by Gasteiger charge is -2.16. The molecular formula is C42H27N3O. The Kier molecular flexibility index (Phi) is 6.10. The molecular weight excluding hydrogens is 562 g/mol. The molecule has 1 aliphatic heterocycles. The smallest absolute Gasteiger partial charge is 0.137 e. The average Bonchev–Trinajstić information content (AvgIpc) is 3.44. The molecule has 1 aliphatic rings. The van der Waals surface area contributed by atoms with Crippen LogP contribution >= 0.6 is 0 Å². The molecule has 5 aromatic carbocycles. The molecule has 0 saturated heterocycles. The zero-order valence-corrected chi connectivity index (χ0v) is 24.8. The van der Waals surface area contributed by atoms with Crippen molar-refractivity contribution in [1.82, 2.24) is 14.5 Å². The van der Waals surface area contributed by atoms with Crippen molar-refractivity contribution in [3.8, 4) is 50.7 Å². The van der Waals surface area contributed by atoms with Gasteiger partial charge in [-0.2, -0.15) is 0 Å². The van der Waals surface area contributed by atoms with Crippen LogP contribution in [0.25, 0.3) is 73.3 Å². The Labute approximate surface area is 266 Å². The highest BCUT2D eigenvalue weighted by molar-refractivity contribution is 6.08. The minimum atomic E-state index is 0.819. The van der Waals surface area contributed by atoms with E-state index in [0.717, 1.165) is 83.8 Å². The van der Waals surface area contributed by atoms with Crippen molar-refractivity contribution >= 4 is 34.1 Å². The molecule has 216 valence electrons. The normalized spacial score (nSPS) is 12.0. The van der Waals surface area contributed by atoms with Crippen molar-refractivity contribution in [2.75, 3.05) is 0 Å². The van der Waals surface area contributed by atoms with Crippen LogP contribution in [0.1, 0.15) is 11.1 Å². The number of hydrogen-bond donors (Lipinski definition) is 0. The Morgan fingerprint density at radius 3 is 1.91 bits per heavy atom. The van der Waals surface area contributed by atoms with Gasteiger partial charge in [-0.25, -0.2) is 4.98 Å². The maximum Gasteiger partial charge on any atom is 0.137 e. The molecule has 4 nitrogen and oxygen atoms in total. The minimum absolute atomic E-state index is 0.819. The number of nitrogens with zero attached hydrogens (tertiary/aromatic N) is 3. The predicted molar refractivity (Wildman–Crippen MR) is 188 cm³/mol. The van der Waals surface area contributed by atoms with Gasteiger partial charge in [-0.05, 0) is 88.0 Å². The summed E-state index contributed by atoms with van der Waals surface area (Å²) in [7, 11) is 0. The molecule has 0 amide bonds. The van der Waals surface area contributed by atoms with Gasteiger partial charge in [0.25, 0.3) is 0 Å². The molecule has 0 aliphatic carbocycles. The van der Waals surface area contributed by atoms with E-state index in [1.165, 1.54) is 0 Å². The summed E-state index contributed by atoms with van der Waals surface area (Å²) < 4.78 is 8.92. The molecule has 9 rings (SSSR count). The molecule has 8 aromatic rings. The van der Waals surface area contributed by atoms with Crippen molar-refractivity contribution in [2.45, 2.75) is 0 Å². The molecule has 3 aromatic heterocycles. The Hall–Kier alpha value is -6.26. The Bertz CT molecular complexity index is 2460. The molecule has 0 spiro atoms. The third-order valence-electron chi connectivity index (χ3n) is 8.76. The van der Waals surface area contributed by atoms with Gasteiger partial charge in [0.05, 0.1) is 16.6 Å². The molecule has 0 fully saturated rings. The lowest BCUT2D eigenvalue weighted by molar-refractivity contribution is 0.486. The monoisotopic (exact) mass is 589 g/mol. The first kappa shape index (κ1) is 26.2. The lowest BCUT2D eigenvalue weighted by atomic mass is 9.93. The van der Waals surface area contributed by atoms with Gasteiger partial charge >= 0.3 is 0 Å². The molecule has 46 heavy (non-hydrogen) atoms. The number of benzene rings is 5. The molecule has 4 heterocycles. The Morgan fingerprint density at radius 2 is 1.11 bits per heavy atom. The maximum absolute atomic E-state index is 6.74. The van der Waals surface area contributed by atoms with Crippen LogP contribution in [0, 0.1) is 0 Å². The van der Waals surface area contributed by atoms with Crippen molar-refractivity contribution in [2.24, 2.45) is 0 Å². The van der Waals surface area contributed by atoms with Crippen molar-refractivity contribution in [3.05, 3.63) is 163 Å². The van der Waals surface area contributed by atoms with Crippen LogP contribution in [0.3, 0.4) is 0 Å².